The van der Waals surface area contributed by atoms with Gasteiger partial charge in [-0.3, -0.25) is 4.21 Å². The summed E-state index contributed by atoms with van der Waals surface area (Å²) < 4.78 is 23.0. The van der Waals surface area contributed by atoms with E-state index in [1.807, 2.05) is 0 Å². The minimum absolute atomic E-state index is 0.114. The van der Waals surface area contributed by atoms with Crippen LogP contribution in [0.1, 0.15) is 5.82 Å². The molecule has 0 aromatic carbocycles. The van der Waals surface area contributed by atoms with Gasteiger partial charge in [-0.2, -0.15) is 0 Å². The van der Waals surface area contributed by atoms with Gasteiger partial charge in [-0.05, 0) is 15.9 Å². The summed E-state index contributed by atoms with van der Waals surface area (Å²) in [7, 11) is 0. The van der Waals surface area contributed by atoms with Crippen LogP contribution in [0.3, 0.4) is 0 Å². The van der Waals surface area contributed by atoms with E-state index in [1.165, 1.54) is 0 Å². The lowest BCUT2D eigenvalue weighted by atomic mass is 10.6. The van der Waals surface area contributed by atoms with E-state index in [4.69, 9.17) is 0 Å². The molecule has 7 heteroatoms. The first-order valence-corrected chi connectivity index (χ1v) is 4.84. The summed E-state index contributed by atoms with van der Waals surface area (Å²) in [5.41, 5.74) is 0. The summed E-state index contributed by atoms with van der Waals surface area (Å²) in [6.07, 6.45) is 3.11. The van der Waals surface area contributed by atoms with E-state index in [9.17, 15) is 8.76 Å². The van der Waals surface area contributed by atoms with Gasteiger partial charge in [0.1, 0.15) is 5.82 Å². The van der Waals surface area contributed by atoms with Crippen molar-refractivity contribution in [2.24, 2.45) is 0 Å². The van der Waals surface area contributed by atoms with Gasteiger partial charge in [0.15, 0.2) is 0 Å². The first kappa shape index (κ1) is 9.72. The van der Waals surface area contributed by atoms with E-state index in [0.717, 1.165) is 4.47 Å². The molecule has 1 heterocycles. The Morgan fingerprint density at radius 2 is 2.17 bits per heavy atom. The quantitative estimate of drug-likeness (QED) is 0.774. The van der Waals surface area contributed by atoms with E-state index in [-0.39, 0.29) is 6.54 Å². The fraction of sp³-hybridized carbons (Fsp3) is 0.200. The average molecular weight is 251 g/mol. The molecule has 0 amide bonds. The molecule has 1 atom stereocenters. The van der Waals surface area contributed by atoms with Crippen molar-refractivity contribution in [3.63, 3.8) is 0 Å². The molecule has 12 heavy (non-hydrogen) atoms. The first-order valence-electron chi connectivity index (χ1n) is 2.97. The molecule has 0 fully saturated rings. The third-order valence-electron chi connectivity index (χ3n) is 1.02. The zero-order valence-electron chi connectivity index (χ0n) is 5.86. The van der Waals surface area contributed by atoms with E-state index < -0.39 is 11.3 Å². The second-order valence-corrected chi connectivity index (χ2v) is 3.55. The Kier molecular flexibility index (Phi) is 3.73. The Bertz CT molecular complexity index is 279. The molecule has 1 aromatic heterocycles. The molecule has 0 saturated carbocycles. The molecule has 0 bridgehead atoms. The number of rotatable bonds is 3. The van der Waals surface area contributed by atoms with Crippen LogP contribution in [0.25, 0.3) is 0 Å². The number of hydrogen-bond donors (Lipinski definition) is 1. The third kappa shape index (κ3) is 3.35. The van der Waals surface area contributed by atoms with Gasteiger partial charge in [-0.1, -0.05) is 0 Å². The fourth-order valence-corrected chi connectivity index (χ4v) is 1.01. The normalized spacial score (nSPS) is 12.8. The third-order valence-corrected chi connectivity index (χ3v) is 1.81. The summed E-state index contributed by atoms with van der Waals surface area (Å²) in [5.74, 6) is 0.433. The van der Waals surface area contributed by atoms with Gasteiger partial charge < -0.3 is 4.55 Å². The average Bonchev–Trinajstić information content (AvgIpc) is 2.03. The number of hydrogen-bond acceptors (Lipinski definition) is 4. The van der Waals surface area contributed by atoms with Crippen LogP contribution in [0, 0.1) is 0 Å². The Morgan fingerprint density at radius 3 is 2.67 bits per heavy atom. The lowest BCUT2D eigenvalue weighted by molar-refractivity contribution is 0.521. The Balaban J connectivity index is 2.53. The number of nitrogens with one attached hydrogen (secondary N) is 1. The monoisotopic (exact) mass is 250 g/mol. The second kappa shape index (κ2) is 4.61. The van der Waals surface area contributed by atoms with Crippen molar-refractivity contribution in [3.05, 3.63) is 22.7 Å². The van der Waals surface area contributed by atoms with E-state index in [2.05, 4.69) is 30.6 Å². The lowest BCUT2D eigenvalue weighted by Crippen LogP contribution is -2.17. The molecule has 0 aliphatic heterocycles. The van der Waals surface area contributed by atoms with Gasteiger partial charge in [-0.25, -0.2) is 14.7 Å². The zero-order chi connectivity index (χ0) is 8.97. The molecule has 0 saturated heterocycles. The van der Waals surface area contributed by atoms with E-state index in [1.54, 1.807) is 12.4 Å². The second-order valence-electron chi connectivity index (χ2n) is 1.87. The highest BCUT2D eigenvalue weighted by Gasteiger charge is 1.94. The summed E-state index contributed by atoms with van der Waals surface area (Å²) >= 11 is 0.895. The van der Waals surface area contributed by atoms with E-state index >= 15 is 0 Å². The van der Waals surface area contributed by atoms with Crippen LogP contribution >= 0.6 is 15.9 Å². The Labute approximate surface area is 80.2 Å². The minimum Gasteiger partial charge on any atom is -0.760 e. The van der Waals surface area contributed by atoms with Crippen LogP contribution in [0.2, 0.25) is 0 Å². The molecule has 0 spiro atoms. The Hall–Kier alpha value is -0.370. The smallest absolute Gasteiger partial charge is 0.142 e. The van der Waals surface area contributed by atoms with Crippen molar-refractivity contribution in [3.8, 4) is 0 Å². The van der Waals surface area contributed by atoms with Gasteiger partial charge in [0.05, 0.1) is 11.0 Å². The SMILES string of the molecule is O=S([O-])NCc1ncc(Br)cn1. The van der Waals surface area contributed by atoms with Crippen LogP contribution < -0.4 is 4.72 Å². The zero-order valence-corrected chi connectivity index (χ0v) is 8.26. The predicted octanol–water partition coefficient (Wildman–Crippen LogP) is 0.123. The van der Waals surface area contributed by atoms with Crippen molar-refractivity contribution in [2.45, 2.75) is 6.54 Å². The maximum atomic E-state index is 10.1. The lowest BCUT2D eigenvalue weighted by Gasteiger charge is -2.04. The van der Waals surface area contributed by atoms with Gasteiger partial charge in [0.2, 0.25) is 0 Å². The topological polar surface area (TPSA) is 77.9 Å². The first-order chi connectivity index (χ1) is 5.68. The van der Waals surface area contributed by atoms with Gasteiger partial charge in [0, 0.05) is 23.7 Å². The van der Waals surface area contributed by atoms with Crippen molar-refractivity contribution >= 4 is 27.2 Å². The number of nitrogens with zero attached hydrogens (tertiary/aromatic N) is 2. The maximum Gasteiger partial charge on any atom is 0.142 e. The largest absolute Gasteiger partial charge is 0.760 e. The molecule has 1 rings (SSSR count). The molecule has 1 N–H and O–H groups in total. The highest BCUT2D eigenvalue weighted by molar-refractivity contribution is 9.10. The summed E-state index contributed by atoms with van der Waals surface area (Å²) in [4.78, 5) is 7.71. The molecule has 0 radical (unpaired) electrons. The predicted molar refractivity (Wildman–Crippen MR) is 45.5 cm³/mol. The van der Waals surface area contributed by atoms with Crippen molar-refractivity contribution in [2.75, 3.05) is 0 Å². The van der Waals surface area contributed by atoms with Crippen LogP contribution in [0.4, 0.5) is 0 Å². The van der Waals surface area contributed by atoms with Crippen LogP contribution in [-0.4, -0.2) is 18.7 Å². The molecular formula is C5H5BrN3O2S-. The molecule has 66 valence electrons. The Morgan fingerprint density at radius 1 is 1.58 bits per heavy atom. The maximum absolute atomic E-state index is 10.1. The van der Waals surface area contributed by atoms with Gasteiger partial charge >= 0.3 is 0 Å². The molecule has 0 aliphatic rings. The van der Waals surface area contributed by atoms with Crippen LogP contribution in [0.5, 0.6) is 0 Å². The standard InChI is InChI=1S/C5H6BrN3O2S/c6-4-1-7-5(8-2-4)3-9-12(10)11/h1-2,9H,3H2,(H,10,11)/p-1. The summed E-state index contributed by atoms with van der Waals surface area (Å²) in [6.45, 7) is 0.114. The molecular weight excluding hydrogens is 246 g/mol. The molecule has 1 unspecified atom stereocenters. The molecule has 1 aromatic rings. The van der Waals surface area contributed by atoms with Gasteiger partial charge in [0.25, 0.3) is 0 Å². The highest BCUT2D eigenvalue weighted by atomic mass is 79.9. The minimum atomic E-state index is -2.26. The van der Waals surface area contributed by atoms with Crippen molar-refractivity contribution < 1.29 is 8.76 Å². The van der Waals surface area contributed by atoms with E-state index in [0.29, 0.717) is 5.82 Å². The van der Waals surface area contributed by atoms with Crippen LogP contribution in [-0.2, 0) is 17.8 Å². The highest BCUT2D eigenvalue weighted by Crippen LogP contribution is 2.03. The van der Waals surface area contributed by atoms with Gasteiger partial charge in [-0.15, -0.1) is 0 Å². The van der Waals surface area contributed by atoms with Crippen molar-refractivity contribution in [1.82, 2.24) is 14.7 Å². The fourth-order valence-electron chi connectivity index (χ4n) is 0.554. The number of aromatic nitrogens is 2. The molecule has 0 aliphatic carbocycles. The van der Waals surface area contributed by atoms with Crippen LogP contribution in [0.15, 0.2) is 16.9 Å². The molecule has 5 nitrogen and oxygen atoms in total. The van der Waals surface area contributed by atoms with Crippen molar-refractivity contribution in [1.29, 1.82) is 0 Å². The number of halogens is 1. The summed E-state index contributed by atoms with van der Waals surface area (Å²) in [5, 5.41) is 0. The summed E-state index contributed by atoms with van der Waals surface area (Å²) in [6, 6.07) is 0.